The molecule has 0 aromatic heterocycles. The SMILES string of the molecule is COc1ccc(OP(=O)(Cl)OC(=O)[C@@H]2CCCN2OC(C)C)cc1. The number of hydrogen-bond donors (Lipinski definition) is 0. The second-order valence-corrected chi connectivity index (χ2v) is 8.03. The van der Waals surface area contributed by atoms with Crippen LogP contribution in [0.15, 0.2) is 24.3 Å². The number of nitrogens with zero attached hydrogens (tertiary/aromatic N) is 1. The minimum Gasteiger partial charge on any atom is -0.497 e. The van der Waals surface area contributed by atoms with Crippen molar-refractivity contribution < 1.29 is 28.0 Å². The minimum atomic E-state index is -4.11. The highest BCUT2D eigenvalue weighted by Gasteiger charge is 2.38. The molecule has 2 rings (SSSR count). The summed E-state index contributed by atoms with van der Waals surface area (Å²) in [6.45, 7) is 0.216. The van der Waals surface area contributed by atoms with E-state index >= 15 is 0 Å². The summed E-state index contributed by atoms with van der Waals surface area (Å²) in [7, 11) is 1.52. The molecular formula is C15H21ClNO6P. The van der Waals surface area contributed by atoms with Gasteiger partial charge in [-0.15, -0.1) is 0 Å². The van der Waals surface area contributed by atoms with Gasteiger partial charge in [-0.25, -0.2) is 9.36 Å². The van der Waals surface area contributed by atoms with Crippen molar-refractivity contribution >= 4 is 24.2 Å². The van der Waals surface area contributed by atoms with Gasteiger partial charge in [-0.2, -0.15) is 5.06 Å². The van der Waals surface area contributed by atoms with Crippen LogP contribution in [-0.2, 0) is 18.7 Å². The van der Waals surface area contributed by atoms with Crippen molar-refractivity contribution in [2.24, 2.45) is 0 Å². The fourth-order valence-electron chi connectivity index (χ4n) is 2.32. The predicted molar refractivity (Wildman–Crippen MR) is 89.1 cm³/mol. The van der Waals surface area contributed by atoms with Gasteiger partial charge in [0.1, 0.15) is 17.5 Å². The third-order valence-corrected chi connectivity index (χ3v) is 4.54. The molecule has 1 fully saturated rings. The average Bonchev–Trinajstić information content (AvgIpc) is 2.94. The maximum Gasteiger partial charge on any atom is 0.532 e. The number of carbonyl (C=O) groups excluding carboxylic acids is 1. The van der Waals surface area contributed by atoms with E-state index in [1.807, 2.05) is 13.8 Å². The van der Waals surface area contributed by atoms with E-state index in [-0.39, 0.29) is 11.9 Å². The Morgan fingerprint density at radius 1 is 1.29 bits per heavy atom. The van der Waals surface area contributed by atoms with E-state index in [0.29, 0.717) is 18.7 Å². The lowest BCUT2D eigenvalue weighted by atomic mass is 10.2. The molecule has 0 amide bonds. The summed E-state index contributed by atoms with van der Waals surface area (Å²) in [5.74, 6) is 0.0971. The number of hydroxylamine groups is 2. The number of rotatable bonds is 7. The fraction of sp³-hybridized carbons (Fsp3) is 0.533. The molecule has 0 aliphatic carbocycles. The van der Waals surface area contributed by atoms with Crippen molar-refractivity contribution in [1.82, 2.24) is 5.06 Å². The predicted octanol–water partition coefficient (Wildman–Crippen LogP) is 3.77. The van der Waals surface area contributed by atoms with Gasteiger partial charge < -0.3 is 13.8 Å². The number of ether oxygens (including phenoxy) is 1. The Hall–Kier alpha value is -1.27. The molecule has 7 nitrogen and oxygen atoms in total. The smallest absolute Gasteiger partial charge is 0.497 e. The molecule has 134 valence electrons. The van der Waals surface area contributed by atoms with Crippen LogP contribution in [0.4, 0.5) is 0 Å². The Labute approximate surface area is 146 Å². The summed E-state index contributed by atoms with van der Waals surface area (Å²) < 4.78 is 27.3. The largest absolute Gasteiger partial charge is 0.532 e. The quantitative estimate of drug-likeness (QED) is 0.669. The van der Waals surface area contributed by atoms with Crippen molar-refractivity contribution in [3.63, 3.8) is 0 Å². The first-order valence-electron chi connectivity index (χ1n) is 7.61. The van der Waals surface area contributed by atoms with Gasteiger partial charge in [0.25, 0.3) is 0 Å². The summed E-state index contributed by atoms with van der Waals surface area (Å²) >= 11 is 5.77. The van der Waals surface area contributed by atoms with Crippen molar-refractivity contribution in [3.8, 4) is 11.5 Å². The van der Waals surface area contributed by atoms with Crippen LogP contribution in [0.3, 0.4) is 0 Å². The summed E-state index contributed by atoms with van der Waals surface area (Å²) in [5.41, 5.74) is 0. The Balaban J connectivity index is 1.96. The molecule has 1 aromatic rings. The van der Waals surface area contributed by atoms with E-state index in [4.69, 9.17) is 29.9 Å². The average molecular weight is 378 g/mol. The molecule has 0 radical (unpaired) electrons. The monoisotopic (exact) mass is 377 g/mol. The zero-order valence-electron chi connectivity index (χ0n) is 13.8. The van der Waals surface area contributed by atoms with E-state index in [1.165, 1.54) is 24.3 Å². The maximum absolute atomic E-state index is 12.2. The van der Waals surface area contributed by atoms with Crippen LogP contribution in [0.2, 0.25) is 0 Å². The van der Waals surface area contributed by atoms with E-state index in [0.717, 1.165) is 6.42 Å². The zero-order valence-corrected chi connectivity index (χ0v) is 15.5. The highest BCUT2D eigenvalue weighted by Crippen LogP contribution is 2.54. The Bertz CT molecular complexity index is 608. The molecule has 1 aromatic carbocycles. The summed E-state index contributed by atoms with van der Waals surface area (Å²) in [4.78, 5) is 17.8. The maximum atomic E-state index is 12.2. The Kier molecular flexibility index (Phi) is 6.52. The molecule has 0 bridgehead atoms. The van der Waals surface area contributed by atoms with Crippen molar-refractivity contribution in [1.29, 1.82) is 0 Å². The van der Waals surface area contributed by atoms with Gasteiger partial charge in [-0.1, -0.05) is 0 Å². The van der Waals surface area contributed by atoms with Gasteiger partial charge in [0.05, 0.1) is 13.2 Å². The number of methoxy groups -OCH3 is 1. The Morgan fingerprint density at radius 3 is 2.50 bits per heavy atom. The first kappa shape index (κ1) is 19.1. The Morgan fingerprint density at radius 2 is 1.92 bits per heavy atom. The van der Waals surface area contributed by atoms with Crippen LogP contribution in [0, 0.1) is 0 Å². The van der Waals surface area contributed by atoms with Gasteiger partial charge in [-0.3, -0.25) is 4.84 Å². The molecule has 9 heteroatoms. The molecule has 0 spiro atoms. The van der Waals surface area contributed by atoms with Gasteiger partial charge in [0, 0.05) is 17.8 Å². The third kappa shape index (κ3) is 5.38. The third-order valence-electron chi connectivity index (χ3n) is 3.29. The lowest BCUT2D eigenvalue weighted by Crippen LogP contribution is -2.38. The van der Waals surface area contributed by atoms with Gasteiger partial charge in [0.15, 0.2) is 0 Å². The van der Waals surface area contributed by atoms with Gasteiger partial charge >= 0.3 is 12.9 Å². The molecule has 1 aliphatic rings. The van der Waals surface area contributed by atoms with Crippen molar-refractivity contribution in [2.45, 2.75) is 38.8 Å². The lowest BCUT2D eigenvalue weighted by Gasteiger charge is -2.24. The van der Waals surface area contributed by atoms with Crippen LogP contribution in [0.5, 0.6) is 11.5 Å². The molecular weight excluding hydrogens is 357 g/mol. The minimum absolute atomic E-state index is 0.0724. The molecule has 0 saturated carbocycles. The molecule has 1 saturated heterocycles. The van der Waals surface area contributed by atoms with E-state index in [2.05, 4.69) is 0 Å². The van der Waals surface area contributed by atoms with E-state index in [1.54, 1.807) is 12.1 Å². The number of benzene rings is 1. The fourth-order valence-corrected chi connectivity index (χ4v) is 3.51. The lowest BCUT2D eigenvalue weighted by molar-refractivity contribution is -0.203. The molecule has 24 heavy (non-hydrogen) atoms. The normalized spacial score (nSPS) is 20.6. The highest BCUT2D eigenvalue weighted by atomic mass is 35.7. The second kappa shape index (κ2) is 8.21. The van der Waals surface area contributed by atoms with Crippen LogP contribution in [0.25, 0.3) is 0 Å². The van der Waals surface area contributed by atoms with Crippen molar-refractivity contribution in [3.05, 3.63) is 24.3 Å². The topological polar surface area (TPSA) is 74.3 Å². The molecule has 0 N–H and O–H groups in total. The summed E-state index contributed by atoms with van der Waals surface area (Å²) in [6, 6.07) is 5.63. The number of carbonyl (C=O) groups is 1. The van der Waals surface area contributed by atoms with Crippen LogP contribution in [-0.4, -0.2) is 36.8 Å². The van der Waals surface area contributed by atoms with Gasteiger partial charge in [0.2, 0.25) is 0 Å². The zero-order chi connectivity index (χ0) is 17.7. The van der Waals surface area contributed by atoms with Gasteiger partial charge in [-0.05, 0) is 51.0 Å². The molecule has 2 atom stereocenters. The first-order chi connectivity index (χ1) is 11.3. The van der Waals surface area contributed by atoms with E-state index < -0.39 is 19.0 Å². The van der Waals surface area contributed by atoms with Crippen LogP contribution >= 0.6 is 18.2 Å². The standard InChI is InChI=1S/C15H21ClNO6P/c1-11(2)21-17-10-4-5-14(17)15(18)23-24(16,19)22-13-8-6-12(20-3)7-9-13/h6-9,11,14H,4-5,10H2,1-3H3/t14-,24?/m0/s1. The van der Waals surface area contributed by atoms with Crippen molar-refractivity contribution in [2.75, 3.05) is 13.7 Å². The van der Waals surface area contributed by atoms with Crippen LogP contribution < -0.4 is 9.26 Å². The summed E-state index contributed by atoms with van der Waals surface area (Å²) in [6.07, 6.45) is 1.25. The molecule has 1 heterocycles. The number of halogens is 1. The van der Waals surface area contributed by atoms with E-state index in [9.17, 15) is 9.36 Å². The van der Waals surface area contributed by atoms with Crippen LogP contribution in [0.1, 0.15) is 26.7 Å². The molecule has 1 unspecified atom stereocenters. The second-order valence-electron chi connectivity index (χ2n) is 5.56. The first-order valence-corrected chi connectivity index (χ1v) is 10.1. The highest BCUT2D eigenvalue weighted by molar-refractivity contribution is 7.82. The molecule has 1 aliphatic heterocycles. The number of hydrogen-bond acceptors (Lipinski definition) is 7. The summed E-state index contributed by atoms with van der Waals surface area (Å²) in [5, 5.41) is 1.54.